The zero-order valence-electron chi connectivity index (χ0n) is 14.6. The Kier molecular flexibility index (Phi) is 3.71. The zero-order chi connectivity index (χ0) is 18.2. The number of ether oxygens (including phenoxy) is 2. The normalized spacial score (nSPS) is 14.1. The first-order chi connectivity index (χ1) is 13.3. The van der Waals surface area contributed by atoms with Crippen molar-refractivity contribution in [2.45, 2.75) is 6.42 Å². The maximum atomic E-state index is 12.5. The number of carbonyl (C=O) groups is 1. The number of benzene rings is 3. The van der Waals surface area contributed by atoms with Crippen LogP contribution >= 0.6 is 0 Å². The molecule has 0 aliphatic carbocycles. The molecule has 0 radical (unpaired) electrons. The number of hydrogen-bond donors (Lipinski definition) is 1. The molecular formula is C22H18N2O3. The summed E-state index contributed by atoms with van der Waals surface area (Å²) in [6.45, 7) is 1.17. The van der Waals surface area contributed by atoms with Gasteiger partial charge in [-0.15, -0.1) is 0 Å². The highest BCUT2D eigenvalue weighted by Crippen LogP contribution is 2.35. The van der Waals surface area contributed by atoms with Crippen LogP contribution in [-0.2, 0) is 6.42 Å². The van der Waals surface area contributed by atoms with Crippen LogP contribution in [-0.4, -0.2) is 19.2 Å². The molecule has 1 N–H and O–H groups in total. The van der Waals surface area contributed by atoms with Gasteiger partial charge in [-0.05, 0) is 60.5 Å². The number of carbonyl (C=O) groups excluding carboxylic acids is 1. The molecule has 2 aliphatic heterocycles. The average Bonchev–Trinajstić information content (AvgIpc) is 3.35. The van der Waals surface area contributed by atoms with E-state index >= 15 is 0 Å². The van der Waals surface area contributed by atoms with Crippen molar-refractivity contribution in [1.82, 2.24) is 0 Å². The lowest BCUT2D eigenvalue weighted by molar-refractivity contribution is 0.102. The van der Waals surface area contributed by atoms with Gasteiger partial charge in [-0.3, -0.25) is 4.79 Å². The molecule has 0 fully saturated rings. The van der Waals surface area contributed by atoms with Gasteiger partial charge in [0.05, 0.1) is 0 Å². The van der Waals surface area contributed by atoms with Gasteiger partial charge in [0.1, 0.15) is 0 Å². The van der Waals surface area contributed by atoms with Crippen molar-refractivity contribution in [3.05, 3.63) is 77.9 Å². The van der Waals surface area contributed by atoms with E-state index in [4.69, 9.17) is 9.47 Å². The zero-order valence-corrected chi connectivity index (χ0v) is 14.6. The van der Waals surface area contributed by atoms with Crippen molar-refractivity contribution in [2.75, 3.05) is 23.6 Å². The van der Waals surface area contributed by atoms with Crippen LogP contribution < -0.4 is 19.7 Å². The van der Waals surface area contributed by atoms with Crippen LogP contribution in [0.5, 0.6) is 11.5 Å². The largest absolute Gasteiger partial charge is 0.454 e. The summed E-state index contributed by atoms with van der Waals surface area (Å²) in [5, 5.41) is 2.93. The first kappa shape index (κ1) is 15.8. The molecule has 134 valence electrons. The van der Waals surface area contributed by atoms with Crippen LogP contribution in [0.2, 0.25) is 0 Å². The third-order valence-electron chi connectivity index (χ3n) is 4.96. The van der Waals surface area contributed by atoms with Crippen LogP contribution in [0.4, 0.5) is 17.1 Å². The van der Waals surface area contributed by atoms with Gasteiger partial charge in [-0.1, -0.05) is 18.2 Å². The highest BCUT2D eigenvalue weighted by Gasteiger charge is 2.20. The number of amides is 1. The lowest BCUT2D eigenvalue weighted by Crippen LogP contribution is -2.14. The summed E-state index contributed by atoms with van der Waals surface area (Å²) in [4.78, 5) is 14.8. The maximum absolute atomic E-state index is 12.5. The Balaban J connectivity index is 1.32. The summed E-state index contributed by atoms with van der Waals surface area (Å²) < 4.78 is 10.6. The first-order valence-electron chi connectivity index (χ1n) is 8.94. The third kappa shape index (κ3) is 2.87. The number of para-hydroxylation sites is 1. The Morgan fingerprint density at radius 3 is 2.63 bits per heavy atom. The van der Waals surface area contributed by atoms with E-state index in [2.05, 4.69) is 34.5 Å². The quantitative estimate of drug-likeness (QED) is 0.756. The predicted octanol–water partition coefficient (Wildman–Crippen LogP) is 4.36. The second kappa shape index (κ2) is 6.36. The molecule has 0 saturated heterocycles. The molecule has 0 saturated carbocycles. The number of nitrogens with zero attached hydrogens (tertiary/aromatic N) is 1. The summed E-state index contributed by atoms with van der Waals surface area (Å²) in [6.07, 6.45) is 1.05. The summed E-state index contributed by atoms with van der Waals surface area (Å²) in [5.41, 5.74) is 5.05. The summed E-state index contributed by atoms with van der Waals surface area (Å²) in [6, 6.07) is 21.6. The Morgan fingerprint density at radius 1 is 0.926 bits per heavy atom. The van der Waals surface area contributed by atoms with Crippen molar-refractivity contribution < 1.29 is 14.3 Å². The molecule has 0 unspecified atom stereocenters. The van der Waals surface area contributed by atoms with Crippen molar-refractivity contribution in [3.8, 4) is 11.5 Å². The van der Waals surface area contributed by atoms with Crippen molar-refractivity contribution in [3.63, 3.8) is 0 Å². The van der Waals surface area contributed by atoms with Crippen LogP contribution in [0.1, 0.15) is 15.9 Å². The summed E-state index contributed by atoms with van der Waals surface area (Å²) in [7, 11) is 0. The number of rotatable bonds is 3. The van der Waals surface area contributed by atoms with Crippen molar-refractivity contribution in [1.29, 1.82) is 0 Å². The van der Waals surface area contributed by atoms with Gasteiger partial charge in [0.25, 0.3) is 5.91 Å². The lowest BCUT2D eigenvalue weighted by Gasteiger charge is -2.20. The standard InChI is InChI=1S/C22H18N2O3/c25-22(16-5-10-20-21(13-16)27-14-26-20)23-17-6-8-18(9-7-17)24-12-11-15-3-1-2-4-19(15)24/h1-10,13H,11-12,14H2,(H,23,25). The molecule has 1 amide bonds. The summed E-state index contributed by atoms with van der Waals surface area (Å²) >= 11 is 0. The molecule has 3 aromatic rings. The highest BCUT2D eigenvalue weighted by molar-refractivity contribution is 6.04. The predicted molar refractivity (Wildman–Crippen MR) is 104 cm³/mol. The maximum Gasteiger partial charge on any atom is 0.255 e. The van der Waals surface area contributed by atoms with E-state index in [1.165, 1.54) is 11.3 Å². The van der Waals surface area contributed by atoms with Crippen LogP contribution in [0.15, 0.2) is 66.7 Å². The Bertz CT molecular complexity index is 1010. The Morgan fingerprint density at radius 2 is 1.74 bits per heavy atom. The van der Waals surface area contributed by atoms with E-state index in [9.17, 15) is 4.79 Å². The van der Waals surface area contributed by atoms with Crippen LogP contribution in [0.3, 0.4) is 0 Å². The molecule has 0 aromatic heterocycles. The molecule has 0 bridgehead atoms. The van der Waals surface area contributed by atoms with Gasteiger partial charge in [-0.25, -0.2) is 0 Å². The first-order valence-corrected chi connectivity index (χ1v) is 8.94. The SMILES string of the molecule is O=C(Nc1ccc(N2CCc3ccccc32)cc1)c1ccc2c(c1)OCO2. The number of anilines is 3. The molecule has 0 atom stereocenters. The Hall–Kier alpha value is -3.47. The van der Waals surface area contributed by atoms with Gasteiger partial charge in [0.2, 0.25) is 6.79 Å². The minimum Gasteiger partial charge on any atom is -0.454 e. The fourth-order valence-corrected chi connectivity index (χ4v) is 3.57. The highest BCUT2D eigenvalue weighted by atomic mass is 16.7. The molecule has 27 heavy (non-hydrogen) atoms. The number of nitrogens with one attached hydrogen (secondary N) is 1. The van der Waals surface area contributed by atoms with Crippen molar-refractivity contribution in [2.24, 2.45) is 0 Å². The molecule has 2 heterocycles. The molecule has 0 spiro atoms. The molecule has 5 heteroatoms. The average molecular weight is 358 g/mol. The smallest absolute Gasteiger partial charge is 0.255 e. The topological polar surface area (TPSA) is 50.8 Å². The minimum atomic E-state index is -0.174. The molecule has 3 aromatic carbocycles. The van der Waals surface area contributed by atoms with Gasteiger partial charge in [-0.2, -0.15) is 0 Å². The van der Waals surface area contributed by atoms with E-state index in [1.807, 2.05) is 24.3 Å². The second-order valence-electron chi connectivity index (χ2n) is 6.60. The number of hydrogen-bond acceptors (Lipinski definition) is 4. The molecule has 5 rings (SSSR count). The lowest BCUT2D eigenvalue weighted by atomic mass is 10.1. The fourth-order valence-electron chi connectivity index (χ4n) is 3.57. The fraction of sp³-hybridized carbons (Fsp3) is 0.136. The van der Waals surface area contributed by atoms with Gasteiger partial charge in [0.15, 0.2) is 11.5 Å². The van der Waals surface area contributed by atoms with E-state index in [0.717, 1.165) is 24.3 Å². The monoisotopic (exact) mass is 358 g/mol. The third-order valence-corrected chi connectivity index (χ3v) is 4.96. The van der Waals surface area contributed by atoms with E-state index < -0.39 is 0 Å². The second-order valence-corrected chi connectivity index (χ2v) is 6.60. The van der Waals surface area contributed by atoms with Gasteiger partial charge >= 0.3 is 0 Å². The van der Waals surface area contributed by atoms with E-state index in [0.29, 0.717) is 17.1 Å². The van der Waals surface area contributed by atoms with Crippen molar-refractivity contribution >= 4 is 23.0 Å². The molecule has 2 aliphatic rings. The molecular weight excluding hydrogens is 340 g/mol. The Labute approximate surface area is 157 Å². The minimum absolute atomic E-state index is 0.174. The van der Waals surface area contributed by atoms with Gasteiger partial charge in [0, 0.05) is 29.2 Å². The summed E-state index contributed by atoms with van der Waals surface area (Å²) in [5.74, 6) is 1.10. The van der Waals surface area contributed by atoms with E-state index in [1.54, 1.807) is 18.2 Å². The van der Waals surface area contributed by atoms with Crippen LogP contribution in [0, 0.1) is 0 Å². The number of fused-ring (bicyclic) bond motifs is 2. The van der Waals surface area contributed by atoms with Gasteiger partial charge < -0.3 is 19.7 Å². The van der Waals surface area contributed by atoms with E-state index in [-0.39, 0.29) is 12.7 Å². The molecule has 5 nitrogen and oxygen atoms in total. The van der Waals surface area contributed by atoms with Crippen LogP contribution in [0.25, 0.3) is 0 Å².